The summed E-state index contributed by atoms with van der Waals surface area (Å²) in [5.41, 5.74) is 1.13. The van der Waals surface area contributed by atoms with E-state index in [9.17, 15) is 24.3 Å². The largest absolute Gasteiger partial charge is 0.477 e. The first-order valence-corrected chi connectivity index (χ1v) is 19.4. The van der Waals surface area contributed by atoms with Crippen LogP contribution in [0.5, 0.6) is 0 Å². The highest BCUT2D eigenvalue weighted by Crippen LogP contribution is 2.42. The number of alkyl halides is 1. The number of nitrogens with one attached hydrogen (secondary N) is 2. The van der Waals surface area contributed by atoms with Crippen LogP contribution in [-0.2, 0) is 34.3 Å². The molecule has 0 bridgehead atoms. The Balaban J connectivity index is 1.35. The van der Waals surface area contributed by atoms with Crippen molar-refractivity contribution < 1.29 is 33.9 Å². The van der Waals surface area contributed by atoms with Crippen LogP contribution in [0.15, 0.2) is 113 Å². The maximum absolute atomic E-state index is 14.0. The number of β-lactam (4-membered cyclic amide) rings is 1. The van der Waals surface area contributed by atoms with Gasteiger partial charge in [0.05, 0.1) is 0 Å². The van der Waals surface area contributed by atoms with E-state index in [4.69, 9.17) is 26.2 Å². The van der Waals surface area contributed by atoms with Crippen LogP contribution >= 0.6 is 34.7 Å². The maximum Gasteiger partial charge on any atom is 0.352 e. The van der Waals surface area contributed by atoms with Crippen LogP contribution < -0.4 is 10.6 Å². The Labute approximate surface area is 325 Å². The quantitative estimate of drug-likeness (QED) is 0.0368. The number of aromatic nitrogens is 1. The van der Waals surface area contributed by atoms with Gasteiger partial charge < -0.3 is 25.3 Å². The molecular weight excluding hydrogens is 750 g/mol. The number of nitrogens with zero attached hydrogens (tertiary/aromatic N) is 3. The molecule has 1 fully saturated rings. The number of thioether (sulfide) groups is 1. The lowest BCUT2D eigenvalue weighted by Crippen LogP contribution is -2.71. The van der Waals surface area contributed by atoms with Crippen molar-refractivity contribution in [2.24, 2.45) is 5.16 Å². The molecule has 2 aliphatic rings. The van der Waals surface area contributed by atoms with E-state index in [1.54, 1.807) is 26.2 Å². The summed E-state index contributed by atoms with van der Waals surface area (Å²) in [4.78, 5) is 63.7. The number of fused-ring (bicyclic) bond motifs is 1. The van der Waals surface area contributed by atoms with Gasteiger partial charge >= 0.3 is 11.9 Å². The summed E-state index contributed by atoms with van der Waals surface area (Å²) in [6.07, 6.45) is -1.20. The van der Waals surface area contributed by atoms with Gasteiger partial charge in [-0.05, 0) is 50.0 Å². The van der Waals surface area contributed by atoms with Gasteiger partial charge in [0, 0.05) is 17.0 Å². The van der Waals surface area contributed by atoms with E-state index in [1.165, 1.54) is 30.0 Å². The molecule has 54 heavy (non-hydrogen) atoms. The summed E-state index contributed by atoms with van der Waals surface area (Å²) in [6, 6.07) is 28.7. The molecule has 1 aromatic heterocycles. The predicted octanol–water partition coefficient (Wildman–Crippen LogP) is 5.98. The Morgan fingerprint density at radius 2 is 1.54 bits per heavy atom. The lowest BCUT2D eigenvalue weighted by Gasteiger charge is -2.49. The van der Waals surface area contributed by atoms with Gasteiger partial charge in [-0.3, -0.25) is 14.5 Å². The predicted molar refractivity (Wildman–Crippen MR) is 208 cm³/mol. The van der Waals surface area contributed by atoms with Crippen molar-refractivity contribution >= 4 is 69.3 Å². The molecule has 1 saturated heterocycles. The van der Waals surface area contributed by atoms with Crippen LogP contribution in [0, 0.1) is 0 Å². The number of amides is 2. The molecular formula is C39H38ClN5O7S2. The summed E-state index contributed by atoms with van der Waals surface area (Å²) in [5, 5.41) is 21.7. The molecule has 4 aromatic rings. The first-order valence-electron chi connectivity index (χ1n) is 17.0. The molecule has 12 nitrogen and oxygen atoms in total. The zero-order chi connectivity index (χ0) is 38.6. The molecule has 3 aromatic carbocycles. The van der Waals surface area contributed by atoms with Crippen molar-refractivity contribution in [2.45, 2.75) is 56.4 Å². The van der Waals surface area contributed by atoms with Crippen molar-refractivity contribution in [3.63, 3.8) is 0 Å². The zero-order valence-electron chi connectivity index (χ0n) is 29.8. The SMILES string of the molecule is CC(ON=C(C(=O)NC1C(=O)N2C(C(=O)O)=C(CCl)CS[C@@H]12)c1csc(NC(c2ccccc2)(c2ccccc2)c2ccccc2)n1)C(=O)OC(C)(C)C. The van der Waals surface area contributed by atoms with Gasteiger partial charge in [0.15, 0.2) is 10.8 Å². The second-order valence-corrected chi connectivity index (χ2v) is 15.7. The molecule has 3 atom stereocenters. The lowest BCUT2D eigenvalue weighted by molar-refractivity contribution is -0.167. The second-order valence-electron chi connectivity index (χ2n) is 13.5. The third-order valence-electron chi connectivity index (χ3n) is 8.62. The first kappa shape index (κ1) is 38.5. The van der Waals surface area contributed by atoms with Crippen LogP contribution in [0.1, 0.15) is 50.1 Å². The van der Waals surface area contributed by atoms with Gasteiger partial charge in [-0.1, -0.05) is 96.2 Å². The smallest absolute Gasteiger partial charge is 0.352 e. The van der Waals surface area contributed by atoms with Crippen LogP contribution in [-0.4, -0.2) is 79.2 Å². The number of carboxylic acids is 1. The van der Waals surface area contributed by atoms with Gasteiger partial charge in [0.25, 0.3) is 11.8 Å². The number of anilines is 1. The Morgan fingerprint density at radius 3 is 2.04 bits per heavy atom. The summed E-state index contributed by atoms with van der Waals surface area (Å²) in [7, 11) is 0. The van der Waals surface area contributed by atoms with E-state index in [-0.39, 0.29) is 28.7 Å². The third kappa shape index (κ3) is 7.86. The number of aliphatic carboxylic acids is 1. The van der Waals surface area contributed by atoms with Gasteiger partial charge in [0.2, 0.25) is 6.10 Å². The first-order chi connectivity index (χ1) is 25.8. The molecule has 3 heterocycles. The van der Waals surface area contributed by atoms with Crippen molar-refractivity contribution in [3.8, 4) is 0 Å². The fourth-order valence-electron chi connectivity index (χ4n) is 6.14. The molecule has 0 radical (unpaired) electrons. The fraction of sp³-hybridized carbons (Fsp3) is 0.282. The highest BCUT2D eigenvalue weighted by molar-refractivity contribution is 8.00. The van der Waals surface area contributed by atoms with E-state index < -0.39 is 52.4 Å². The van der Waals surface area contributed by atoms with Crippen LogP contribution in [0.25, 0.3) is 0 Å². The Hall–Kier alpha value is -5.18. The summed E-state index contributed by atoms with van der Waals surface area (Å²) < 4.78 is 5.42. The highest BCUT2D eigenvalue weighted by Gasteiger charge is 2.54. The number of carbonyl (C=O) groups is 4. The Morgan fingerprint density at radius 1 is 0.981 bits per heavy atom. The van der Waals surface area contributed by atoms with Crippen molar-refractivity contribution in [1.82, 2.24) is 15.2 Å². The fourth-order valence-corrected chi connectivity index (χ4v) is 8.57. The Kier molecular flexibility index (Phi) is 11.5. The molecule has 0 saturated carbocycles. The van der Waals surface area contributed by atoms with E-state index in [1.807, 2.05) is 91.0 Å². The average Bonchev–Trinajstić information content (AvgIpc) is 3.63. The number of oxime groups is 1. The number of hydrogen-bond donors (Lipinski definition) is 3. The van der Waals surface area contributed by atoms with E-state index >= 15 is 0 Å². The minimum atomic E-state index is -1.28. The lowest BCUT2D eigenvalue weighted by atomic mass is 9.77. The number of carbonyl (C=O) groups excluding carboxylic acids is 3. The molecule has 0 aliphatic carbocycles. The molecule has 6 rings (SSSR count). The van der Waals surface area contributed by atoms with E-state index in [2.05, 4.69) is 15.8 Å². The van der Waals surface area contributed by atoms with Crippen LogP contribution in [0.3, 0.4) is 0 Å². The van der Waals surface area contributed by atoms with Gasteiger partial charge in [-0.2, -0.15) is 0 Å². The molecule has 2 amide bonds. The number of halogens is 1. The maximum atomic E-state index is 14.0. The summed E-state index contributed by atoms with van der Waals surface area (Å²) in [5.74, 6) is -3.17. The average molecular weight is 788 g/mol. The van der Waals surface area contributed by atoms with Gasteiger partial charge in [-0.15, -0.1) is 34.7 Å². The normalized spacial score (nSPS) is 17.9. The van der Waals surface area contributed by atoms with Gasteiger partial charge in [0.1, 0.15) is 33.9 Å². The molecule has 2 unspecified atom stereocenters. The third-order valence-corrected chi connectivity index (χ3v) is 11.0. The number of hydrogen-bond acceptors (Lipinski definition) is 11. The van der Waals surface area contributed by atoms with Crippen molar-refractivity contribution in [2.75, 3.05) is 16.9 Å². The Bertz CT molecular complexity index is 1990. The van der Waals surface area contributed by atoms with Crippen LogP contribution in [0.2, 0.25) is 0 Å². The zero-order valence-corrected chi connectivity index (χ0v) is 32.2. The molecule has 280 valence electrons. The molecule has 3 N–H and O–H groups in total. The molecule has 2 aliphatic heterocycles. The van der Waals surface area contributed by atoms with Crippen LogP contribution in [0.4, 0.5) is 5.13 Å². The monoisotopic (exact) mass is 787 g/mol. The number of esters is 1. The minimum absolute atomic E-state index is 0.0492. The number of carboxylic acid groups (broad SMARTS) is 1. The summed E-state index contributed by atoms with van der Waals surface area (Å²) in [6.45, 7) is 6.59. The molecule has 15 heteroatoms. The van der Waals surface area contributed by atoms with Crippen molar-refractivity contribution in [1.29, 1.82) is 0 Å². The molecule has 0 spiro atoms. The standard InChI is InChI=1S/C39H38ClN5O7S2/c1-23(36(50)51-38(2,3)4)52-44-29(32(46)42-30-33(47)45-31(35(48)49)24(20-40)21-53-34(30)45)28-22-54-37(41-28)43-39(25-14-8-5-9-15-25,26-16-10-6-11-17-26)27-18-12-7-13-19-27/h5-19,22-23,30,34H,20-21H2,1-4H3,(H,41,43)(H,42,46)(H,48,49)/t23?,30?,34-/m0/s1. The number of ether oxygens (including phenoxy) is 1. The highest BCUT2D eigenvalue weighted by atomic mass is 35.5. The van der Waals surface area contributed by atoms with Gasteiger partial charge in [-0.25, -0.2) is 14.6 Å². The van der Waals surface area contributed by atoms with E-state index in [0.717, 1.165) is 21.6 Å². The van der Waals surface area contributed by atoms with E-state index in [0.29, 0.717) is 10.7 Å². The number of benzene rings is 3. The topological polar surface area (TPSA) is 160 Å². The number of thiazole rings is 1. The summed E-state index contributed by atoms with van der Waals surface area (Å²) >= 11 is 8.50. The second kappa shape index (κ2) is 16.0. The number of rotatable bonds is 13. The van der Waals surface area contributed by atoms with Crippen molar-refractivity contribution in [3.05, 3.63) is 130 Å². The minimum Gasteiger partial charge on any atom is -0.477 e.